The molecule has 1 aliphatic rings. The fourth-order valence-corrected chi connectivity index (χ4v) is 3.75. The van der Waals surface area contributed by atoms with Crippen molar-refractivity contribution < 1.29 is 9.59 Å². The van der Waals surface area contributed by atoms with Crippen LogP contribution >= 0.6 is 11.8 Å². The van der Waals surface area contributed by atoms with Gasteiger partial charge in [-0.3, -0.25) is 9.59 Å². The zero-order chi connectivity index (χ0) is 16.7. The van der Waals surface area contributed by atoms with Gasteiger partial charge in [0, 0.05) is 24.1 Å². The lowest BCUT2D eigenvalue weighted by atomic mass is 9.89. The summed E-state index contributed by atoms with van der Waals surface area (Å²) in [6.45, 7) is 4.23. The summed E-state index contributed by atoms with van der Waals surface area (Å²) in [6.07, 6.45) is 6.42. The number of nitrogens with one attached hydrogen (secondary N) is 2. The van der Waals surface area contributed by atoms with Gasteiger partial charge in [-0.05, 0) is 49.9 Å². The van der Waals surface area contributed by atoms with Crippen molar-refractivity contribution in [2.24, 2.45) is 5.92 Å². The summed E-state index contributed by atoms with van der Waals surface area (Å²) in [7, 11) is 0. The van der Waals surface area contributed by atoms with Crippen molar-refractivity contribution in [2.45, 2.75) is 56.1 Å². The standard InChI is InChI=1S/C18H26N2O2S/c1-13(18(22)19-12-15-6-4-3-5-7-15)23-17-10-8-16(9-11-17)20-14(2)21/h8-11,13,15H,3-7,12H2,1-2H3,(H,19,22)(H,20,21)/t13-/m1/s1. The van der Waals surface area contributed by atoms with E-state index in [0.717, 1.165) is 17.1 Å². The van der Waals surface area contributed by atoms with E-state index in [1.54, 1.807) is 11.8 Å². The first-order valence-corrected chi connectivity index (χ1v) is 9.24. The van der Waals surface area contributed by atoms with E-state index in [4.69, 9.17) is 0 Å². The van der Waals surface area contributed by atoms with Crippen molar-refractivity contribution in [3.63, 3.8) is 0 Å². The predicted octanol–water partition coefficient (Wildman–Crippen LogP) is 3.82. The molecule has 0 aliphatic heterocycles. The number of hydrogen-bond acceptors (Lipinski definition) is 3. The Bertz CT molecular complexity index is 524. The van der Waals surface area contributed by atoms with Crippen LogP contribution in [0.3, 0.4) is 0 Å². The van der Waals surface area contributed by atoms with Crippen LogP contribution in [-0.2, 0) is 9.59 Å². The van der Waals surface area contributed by atoms with E-state index in [-0.39, 0.29) is 17.1 Å². The van der Waals surface area contributed by atoms with E-state index in [1.165, 1.54) is 39.0 Å². The Morgan fingerprint density at radius 3 is 2.43 bits per heavy atom. The van der Waals surface area contributed by atoms with Crippen molar-refractivity contribution in [2.75, 3.05) is 11.9 Å². The molecule has 1 atom stereocenters. The molecule has 0 saturated heterocycles. The van der Waals surface area contributed by atoms with Gasteiger partial charge in [0.05, 0.1) is 5.25 Å². The molecular formula is C18H26N2O2S. The normalized spacial score (nSPS) is 16.6. The highest BCUT2D eigenvalue weighted by Gasteiger charge is 2.18. The van der Waals surface area contributed by atoms with Gasteiger partial charge in [-0.15, -0.1) is 11.8 Å². The van der Waals surface area contributed by atoms with Gasteiger partial charge in [0.1, 0.15) is 0 Å². The summed E-state index contributed by atoms with van der Waals surface area (Å²) in [5, 5.41) is 5.71. The number of hydrogen-bond donors (Lipinski definition) is 2. The van der Waals surface area contributed by atoms with Gasteiger partial charge in [-0.25, -0.2) is 0 Å². The van der Waals surface area contributed by atoms with Crippen molar-refractivity contribution in [3.8, 4) is 0 Å². The van der Waals surface area contributed by atoms with Gasteiger partial charge in [-0.2, -0.15) is 0 Å². The van der Waals surface area contributed by atoms with E-state index in [0.29, 0.717) is 5.92 Å². The zero-order valence-corrected chi connectivity index (χ0v) is 14.7. The molecule has 0 aromatic heterocycles. The molecule has 2 N–H and O–H groups in total. The van der Waals surface area contributed by atoms with Gasteiger partial charge < -0.3 is 10.6 Å². The van der Waals surface area contributed by atoms with E-state index >= 15 is 0 Å². The molecule has 5 heteroatoms. The van der Waals surface area contributed by atoms with Crippen molar-refractivity contribution in [1.29, 1.82) is 0 Å². The molecule has 0 unspecified atom stereocenters. The quantitative estimate of drug-likeness (QED) is 0.778. The van der Waals surface area contributed by atoms with E-state index < -0.39 is 0 Å². The fraction of sp³-hybridized carbons (Fsp3) is 0.556. The molecule has 0 spiro atoms. The first kappa shape index (κ1) is 17.9. The Hall–Kier alpha value is -1.49. The molecule has 1 fully saturated rings. The summed E-state index contributed by atoms with van der Waals surface area (Å²) >= 11 is 1.54. The Kier molecular flexibility index (Phi) is 6.96. The molecule has 2 rings (SSSR count). The highest BCUT2D eigenvalue weighted by atomic mass is 32.2. The molecule has 23 heavy (non-hydrogen) atoms. The highest BCUT2D eigenvalue weighted by molar-refractivity contribution is 8.00. The predicted molar refractivity (Wildman–Crippen MR) is 95.6 cm³/mol. The Morgan fingerprint density at radius 1 is 1.17 bits per heavy atom. The average molecular weight is 334 g/mol. The summed E-state index contributed by atoms with van der Waals surface area (Å²) < 4.78 is 0. The maximum atomic E-state index is 12.2. The summed E-state index contributed by atoms with van der Waals surface area (Å²) in [4.78, 5) is 24.2. The molecule has 0 bridgehead atoms. The van der Waals surface area contributed by atoms with Crippen LogP contribution in [0.15, 0.2) is 29.2 Å². The molecule has 0 heterocycles. The Morgan fingerprint density at radius 2 is 1.83 bits per heavy atom. The second-order valence-corrected chi connectivity index (χ2v) is 7.63. The minimum Gasteiger partial charge on any atom is -0.355 e. The largest absolute Gasteiger partial charge is 0.355 e. The van der Waals surface area contributed by atoms with Crippen LogP contribution in [-0.4, -0.2) is 23.6 Å². The number of rotatable bonds is 6. The molecular weight excluding hydrogens is 308 g/mol. The lowest BCUT2D eigenvalue weighted by Crippen LogP contribution is -2.35. The third-order valence-corrected chi connectivity index (χ3v) is 5.26. The maximum Gasteiger partial charge on any atom is 0.233 e. The minimum atomic E-state index is -0.120. The van der Waals surface area contributed by atoms with Crippen LogP contribution in [0.1, 0.15) is 46.0 Å². The number of thioether (sulfide) groups is 1. The maximum absolute atomic E-state index is 12.2. The van der Waals surface area contributed by atoms with Crippen LogP contribution in [0.5, 0.6) is 0 Å². The van der Waals surface area contributed by atoms with Crippen LogP contribution in [0.2, 0.25) is 0 Å². The average Bonchev–Trinajstić information content (AvgIpc) is 2.55. The Labute approximate surface area is 142 Å². The number of benzene rings is 1. The molecule has 2 amide bonds. The Balaban J connectivity index is 1.77. The first-order valence-electron chi connectivity index (χ1n) is 8.36. The van der Waals surface area contributed by atoms with Crippen LogP contribution in [0.25, 0.3) is 0 Å². The number of carbonyl (C=O) groups excluding carboxylic acids is 2. The monoisotopic (exact) mass is 334 g/mol. The molecule has 1 aliphatic carbocycles. The van der Waals surface area contributed by atoms with Gasteiger partial charge in [0.2, 0.25) is 11.8 Å². The van der Waals surface area contributed by atoms with Crippen LogP contribution < -0.4 is 10.6 Å². The van der Waals surface area contributed by atoms with Crippen LogP contribution in [0.4, 0.5) is 5.69 Å². The lowest BCUT2D eigenvalue weighted by molar-refractivity contribution is -0.120. The summed E-state index contributed by atoms with van der Waals surface area (Å²) in [5.41, 5.74) is 0.774. The van der Waals surface area contributed by atoms with Crippen molar-refractivity contribution in [3.05, 3.63) is 24.3 Å². The third kappa shape index (κ3) is 6.26. The van der Waals surface area contributed by atoms with Gasteiger partial charge in [-0.1, -0.05) is 19.3 Å². The second-order valence-electron chi connectivity index (χ2n) is 6.21. The molecule has 1 aromatic rings. The third-order valence-electron chi connectivity index (χ3n) is 4.15. The second kappa shape index (κ2) is 8.96. The molecule has 0 radical (unpaired) electrons. The minimum absolute atomic E-state index is 0.0825. The van der Waals surface area contributed by atoms with Crippen LogP contribution in [0, 0.1) is 5.92 Å². The van der Waals surface area contributed by atoms with E-state index in [9.17, 15) is 9.59 Å². The molecule has 126 valence electrons. The molecule has 1 saturated carbocycles. The number of anilines is 1. The highest BCUT2D eigenvalue weighted by Crippen LogP contribution is 2.26. The summed E-state index contributed by atoms with van der Waals surface area (Å²) in [5.74, 6) is 0.675. The fourth-order valence-electron chi connectivity index (χ4n) is 2.86. The van der Waals surface area contributed by atoms with E-state index in [1.807, 2.05) is 31.2 Å². The van der Waals surface area contributed by atoms with E-state index in [2.05, 4.69) is 10.6 Å². The smallest absolute Gasteiger partial charge is 0.233 e. The zero-order valence-electron chi connectivity index (χ0n) is 13.9. The van der Waals surface area contributed by atoms with Crippen molar-refractivity contribution in [1.82, 2.24) is 5.32 Å². The first-order chi connectivity index (χ1) is 11.0. The SMILES string of the molecule is CC(=O)Nc1ccc(S[C@H](C)C(=O)NCC2CCCCC2)cc1. The topological polar surface area (TPSA) is 58.2 Å². The van der Waals surface area contributed by atoms with Gasteiger partial charge in [0.15, 0.2) is 0 Å². The number of carbonyl (C=O) groups is 2. The molecule has 1 aromatic carbocycles. The number of amides is 2. The molecule has 4 nitrogen and oxygen atoms in total. The van der Waals surface area contributed by atoms with Crippen molar-refractivity contribution >= 4 is 29.3 Å². The van der Waals surface area contributed by atoms with Gasteiger partial charge >= 0.3 is 0 Å². The van der Waals surface area contributed by atoms with Gasteiger partial charge in [0.25, 0.3) is 0 Å². The lowest BCUT2D eigenvalue weighted by Gasteiger charge is -2.22. The summed E-state index contributed by atoms with van der Waals surface area (Å²) in [6, 6.07) is 7.58.